The Bertz CT molecular complexity index is 307. The summed E-state index contributed by atoms with van der Waals surface area (Å²) in [5, 5.41) is 2.81. The van der Waals surface area contributed by atoms with Crippen LogP contribution in [-0.2, 0) is 14.4 Å². The molecule has 2 aliphatic rings. The van der Waals surface area contributed by atoms with E-state index in [1.165, 1.54) is 17.7 Å². The van der Waals surface area contributed by atoms with Gasteiger partial charge in [0.2, 0.25) is 17.7 Å². The molecule has 5 nitrogen and oxygen atoms in total. The molecule has 0 bridgehead atoms. The number of carbonyl (C=O) groups is 3. The zero-order valence-corrected chi connectivity index (χ0v) is 9.20. The van der Waals surface area contributed by atoms with E-state index in [1.54, 1.807) is 0 Å². The normalized spacial score (nSPS) is 20.4. The van der Waals surface area contributed by atoms with Gasteiger partial charge in [-0.3, -0.25) is 19.3 Å². The summed E-state index contributed by atoms with van der Waals surface area (Å²) in [6.07, 6.45) is 3.21. The number of imide groups is 1. The number of carbonyl (C=O) groups excluding carboxylic acids is 3. The van der Waals surface area contributed by atoms with Crippen LogP contribution in [0.25, 0.3) is 0 Å². The van der Waals surface area contributed by atoms with Crippen LogP contribution in [0.1, 0.15) is 32.1 Å². The van der Waals surface area contributed by atoms with Crippen molar-refractivity contribution in [2.45, 2.75) is 32.1 Å². The smallest absolute Gasteiger partial charge is 0.229 e. The van der Waals surface area contributed by atoms with Gasteiger partial charge in [0, 0.05) is 32.4 Å². The van der Waals surface area contributed by atoms with Crippen molar-refractivity contribution in [2.24, 2.45) is 5.92 Å². The molecule has 0 unspecified atom stereocenters. The SMILES string of the molecule is O=C(CCN1C(=O)CCC1=O)NCC1CC1. The van der Waals surface area contributed by atoms with Gasteiger partial charge in [-0.25, -0.2) is 0 Å². The molecule has 1 saturated carbocycles. The van der Waals surface area contributed by atoms with Crippen LogP contribution in [0.3, 0.4) is 0 Å². The second-order valence-corrected chi connectivity index (χ2v) is 4.44. The van der Waals surface area contributed by atoms with Crippen LogP contribution < -0.4 is 5.32 Å². The van der Waals surface area contributed by atoms with Gasteiger partial charge >= 0.3 is 0 Å². The Balaban J connectivity index is 1.67. The number of amides is 3. The highest BCUT2D eigenvalue weighted by Crippen LogP contribution is 2.27. The molecule has 2 fully saturated rings. The Morgan fingerprint density at radius 1 is 1.25 bits per heavy atom. The zero-order chi connectivity index (χ0) is 11.5. The highest BCUT2D eigenvalue weighted by molar-refractivity contribution is 6.02. The van der Waals surface area contributed by atoms with Gasteiger partial charge in [0.25, 0.3) is 0 Å². The molecule has 1 heterocycles. The summed E-state index contributed by atoms with van der Waals surface area (Å²) in [6, 6.07) is 0. The van der Waals surface area contributed by atoms with Crippen molar-refractivity contribution in [3.63, 3.8) is 0 Å². The maximum absolute atomic E-state index is 11.4. The maximum atomic E-state index is 11.4. The van der Waals surface area contributed by atoms with Crippen molar-refractivity contribution in [3.8, 4) is 0 Å². The highest BCUT2D eigenvalue weighted by atomic mass is 16.2. The van der Waals surface area contributed by atoms with Gasteiger partial charge in [0.15, 0.2) is 0 Å². The van der Waals surface area contributed by atoms with Gasteiger partial charge in [0.1, 0.15) is 0 Å². The first-order valence-corrected chi connectivity index (χ1v) is 5.76. The molecule has 0 atom stereocenters. The number of hydrogen-bond acceptors (Lipinski definition) is 3. The van der Waals surface area contributed by atoms with Crippen molar-refractivity contribution in [3.05, 3.63) is 0 Å². The van der Waals surface area contributed by atoms with E-state index in [9.17, 15) is 14.4 Å². The molecule has 3 amide bonds. The first-order valence-electron chi connectivity index (χ1n) is 5.76. The molecule has 1 N–H and O–H groups in total. The number of rotatable bonds is 5. The fourth-order valence-corrected chi connectivity index (χ4v) is 1.75. The van der Waals surface area contributed by atoms with Crippen LogP contribution in [0.2, 0.25) is 0 Å². The molecule has 0 aromatic carbocycles. The standard InChI is InChI=1S/C11H16N2O3/c14-9(12-7-8-1-2-8)5-6-13-10(15)3-4-11(13)16/h8H,1-7H2,(H,12,14). The topological polar surface area (TPSA) is 66.5 Å². The number of hydrogen-bond donors (Lipinski definition) is 1. The minimum atomic E-state index is -0.153. The van der Waals surface area contributed by atoms with E-state index < -0.39 is 0 Å². The zero-order valence-electron chi connectivity index (χ0n) is 9.20. The van der Waals surface area contributed by atoms with Crippen molar-refractivity contribution in [2.75, 3.05) is 13.1 Å². The largest absolute Gasteiger partial charge is 0.356 e. The minimum Gasteiger partial charge on any atom is -0.356 e. The Hall–Kier alpha value is -1.39. The van der Waals surface area contributed by atoms with Gasteiger partial charge in [-0.1, -0.05) is 0 Å². The van der Waals surface area contributed by atoms with Gasteiger partial charge in [-0.15, -0.1) is 0 Å². The molecule has 16 heavy (non-hydrogen) atoms. The van der Waals surface area contributed by atoms with Crippen LogP contribution in [-0.4, -0.2) is 35.7 Å². The summed E-state index contributed by atoms with van der Waals surface area (Å²) in [4.78, 5) is 35.1. The molecule has 0 aromatic rings. The first kappa shape index (κ1) is 11.1. The van der Waals surface area contributed by atoms with Crippen molar-refractivity contribution in [1.82, 2.24) is 10.2 Å². The predicted molar refractivity (Wildman–Crippen MR) is 56.3 cm³/mol. The lowest BCUT2D eigenvalue weighted by Gasteiger charge is -2.13. The van der Waals surface area contributed by atoms with Crippen molar-refractivity contribution >= 4 is 17.7 Å². The first-order chi connectivity index (χ1) is 7.66. The van der Waals surface area contributed by atoms with Crippen molar-refractivity contribution < 1.29 is 14.4 Å². The summed E-state index contributed by atoms with van der Waals surface area (Å²) in [5.41, 5.74) is 0. The molecule has 2 rings (SSSR count). The number of nitrogens with one attached hydrogen (secondary N) is 1. The molecule has 1 saturated heterocycles. The van der Waals surface area contributed by atoms with Gasteiger partial charge in [-0.05, 0) is 18.8 Å². The van der Waals surface area contributed by atoms with Crippen LogP contribution in [0.15, 0.2) is 0 Å². The van der Waals surface area contributed by atoms with Crippen LogP contribution in [0.5, 0.6) is 0 Å². The summed E-state index contributed by atoms with van der Waals surface area (Å²) in [6.45, 7) is 0.967. The average molecular weight is 224 g/mol. The van der Waals surface area contributed by atoms with Crippen LogP contribution in [0, 0.1) is 5.92 Å². The van der Waals surface area contributed by atoms with E-state index in [0.29, 0.717) is 18.8 Å². The van der Waals surface area contributed by atoms with Crippen LogP contribution in [0.4, 0.5) is 0 Å². The van der Waals surface area contributed by atoms with Crippen LogP contribution >= 0.6 is 0 Å². The fourth-order valence-electron chi connectivity index (χ4n) is 1.75. The van der Waals surface area contributed by atoms with E-state index >= 15 is 0 Å². The lowest BCUT2D eigenvalue weighted by Crippen LogP contribution is -2.34. The molecule has 1 aliphatic heterocycles. The molecule has 0 radical (unpaired) electrons. The van der Waals surface area contributed by atoms with E-state index in [-0.39, 0.29) is 30.7 Å². The Kier molecular flexibility index (Phi) is 3.22. The van der Waals surface area contributed by atoms with E-state index in [1.807, 2.05) is 0 Å². The predicted octanol–water partition coefficient (Wildman–Crippen LogP) is 0.0517. The fraction of sp³-hybridized carbons (Fsp3) is 0.727. The van der Waals surface area contributed by atoms with Gasteiger partial charge in [0.05, 0.1) is 0 Å². The number of likely N-dealkylation sites (tertiary alicyclic amines) is 1. The lowest BCUT2D eigenvalue weighted by molar-refractivity contribution is -0.138. The minimum absolute atomic E-state index is 0.0700. The lowest BCUT2D eigenvalue weighted by atomic mass is 10.3. The molecule has 88 valence electrons. The second-order valence-electron chi connectivity index (χ2n) is 4.44. The van der Waals surface area contributed by atoms with E-state index in [2.05, 4.69) is 5.32 Å². The van der Waals surface area contributed by atoms with E-state index in [0.717, 1.165) is 6.54 Å². The molecule has 1 aliphatic carbocycles. The van der Waals surface area contributed by atoms with E-state index in [4.69, 9.17) is 0 Å². The second kappa shape index (κ2) is 4.63. The average Bonchev–Trinajstić information content (AvgIpc) is 3.02. The molecule has 5 heteroatoms. The van der Waals surface area contributed by atoms with Gasteiger partial charge < -0.3 is 5.32 Å². The third kappa shape index (κ3) is 2.81. The van der Waals surface area contributed by atoms with Gasteiger partial charge in [-0.2, -0.15) is 0 Å². The Morgan fingerprint density at radius 2 is 1.88 bits per heavy atom. The molecule has 0 aromatic heterocycles. The Labute approximate surface area is 94.2 Å². The molecular weight excluding hydrogens is 208 g/mol. The quantitative estimate of drug-likeness (QED) is 0.671. The molecule has 0 spiro atoms. The summed E-state index contributed by atoms with van der Waals surface area (Å²) >= 11 is 0. The Morgan fingerprint density at radius 3 is 2.44 bits per heavy atom. The third-order valence-electron chi connectivity index (χ3n) is 3.00. The summed E-state index contributed by atoms with van der Waals surface area (Å²) in [7, 11) is 0. The summed E-state index contributed by atoms with van der Waals surface area (Å²) in [5.74, 6) is 0.276. The number of nitrogens with zero attached hydrogens (tertiary/aromatic N) is 1. The van der Waals surface area contributed by atoms with Crippen molar-refractivity contribution in [1.29, 1.82) is 0 Å². The monoisotopic (exact) mass is 224 g/mol. The molecular formula is C11H16N2O3. The maximum Gasteiger partial charge on any atom is 0.229 e. The third-order valence-corrected chi connectivity index (χ3v) is 3.00. The summed E-state index contributed by atoms with van der Waals surface area (Å²) < 4.78 is 0. The highest BCUT2D eigenvalue weighted by Gasteiger charge is 2.29.